The van der Waals surface area contributed by atoms with Gasteiger partial charge in [-0.25, -0.2) is 13.6 Å². The molecule has 0 aromatic heterocycles. The largest absolute Gasteiger partial charge is 0.511 e. The molecule has 1 aliphatic rings. The minimum absolute atomic E-state index is 0.0422. The van der Waals surface area contributed by atoms with E-state index in [9.17, 15) is 13.6 Å². The van der Waals surface area contributed by atoms with Crippen LogP contribution in [-0.2, 0) is 13.2 Å². The molecule has 160 valence electrons. The van der Waals surface area contributed by atoms with Gasteiger partial charge in [0.2, 0.25) is 0 Å². The average molecular weight is 427 g/mol. The van der Waals surface area contributed by atoms with Gasteiger partial charge in [-0.05, 0) is 30.3 Å². The second-order valence-electron chi connectivity index (χ2n) is 6.87. The van der Waals surface area contributed by atoms with Crippen molar-refractivity contribution in [2.45, 2.75) is 13.2 Å². The lowest BCUT2D eigenvalue weighted by atomic mass is 10.1. The first-order valence-corrected chi connectivity index (χ1v) is 9.57. The van der Waals surface area contributed by atoms with Gasteiger partial charge >= 0.3 is 6.16 Å². The number of halogens is 2. The summed E-state index contributed by atoms with van der Waals surface area (Å²) in [5.41, 5.74) is 1.80. The number of rotatable bonds is 6. The Morgan fingerprint density at radius 2 is 1.84 bits per heavy atom. The Bertz CT molecular complexity index is 1110. The van der Waals surface area contributed by atoms with Crippen molar-refractivity contribution in [3.05, 3.63) is 83.4 Å². The van der Waals surface area contributed by atoms with Crippen molar-refractivity contribution >= 4 is 11.8 Å². The van der Waals surface area contributed by atoms with E-state index in [4.69, 9.17) is 19.3 Å². The highest BCUT2D eigenvalue weighted by atomic mass is 19.1. The van der Waals surface area contributed by atoms with E-state index in [1.807, 2.05) is 29.2 Å². The van der Waals surface area contributed by atoms with Crippen LogP contribution >= 0.6 is 0 Å². The van der Waals surface area contributed by atoms with Crippen molar-refractivity contribution in [2.75, 3.05) is 18.1 Å². The number of nitrogens with zero attached hydrogens (tertiary/aromatic N) is 1. The molecule has 1 aliphatic heterocycles. The molecule has 0 spiro atoms. The van der Waals surface area contributed by atoms with Crippen molar-refractivity contribution in [3.8, 4) is 17.2 Å². The minimum Gasteiger partial charge on any atom is -0.488 e. The van der Waals surface area contributed by atoms with Crippen LogP contribution in [-0.4, -0.2) is 24.4 Å². The lowest BCUT2D eigenvalue weighted by Gasteiger charge is -2.32. The summed E-state index contributed by atoms with van der Waals surface area (Å²) in [5, 5.41) is 8.94. The average Bonchev–Trinajstić information content (AvgIpc) is 2.74. The highest BCUT2D eigenvalue weighted by Gasteiger charge is 2.24. The van der Waals surface area contributed by atoms with E-state index < -0.39 is 17.8 Å². The molecule has 8 heteroatoms. The molecule has 4 rings (SSSR count). The highest BCUT2D eigenvalue weighted by molar-refractivity contribution is 5.70. The second kappa shape index (κ2) is 8.91. The predicted molar refractivity (Wildman–Crippen MR) is 109 cm³/mol. The van der Waals surface area contributed by atoms with Crippen molar-refractivity contribution in [1.82, 2.24) is 0 Å². The molecule has 0 saturated heterocycles. The van der Waals surface area contributed by atoms with Gasteiger partial charge in [0, 0.05) is 23.7 Å². The van der Waals surface area contributed by atoms with Gasteiger partial charge in [-0.1, -0.05) is 24.3 Å². The third-order valence-electron chi connectivity index (χ3n) is 4.84. The Kier molecular flexibility index (Phi) is 5.88. The summed E-state index contributed by atoms with van der Waals surface area (Å²) in [6, 6.07) is 15.8. The van der Waals surface area contributed by atoms with Crippen LogP contribution in [0.2, 0.25) is 0 Å². The van der Waals surface area contributed by atoms with Crippen LogP contribution in [0.15, 0.2) is 60.7 Å². The first-order chi connectivity index (χ1) is 15.0. The third kappa shape index (κ3) is 4.69. The molecule has 0 amide bonds. The number of hydrogen-bond donors (Lipinski definition) is 1. The first-order valence-electron chi connectivity index (χ1n) is 9.57. The Morgan fingerprint density at radius 3 is 2.65 bits per heavy atom. The maximum Gasteiger partial charge on any atom is 0.511 e. The molecule has 0 unspecified atom stereocenters. The Hall–Kier alpha value is -3.81. The fourth-order valence-electron chi connectivity index (χ4n) is 3.39. The maximum atomic E-state index is 13.9. The van der Waals surface area contributed by atoms with Gasteiger partial charge in [0.1, 0.15) is 30.6 Å². The van der Waals surface area contributed by atoms with Crippen LogP contribution in [0.3, 0.4) is 0 Å². The van der Waals surface area contributed by atoms with Crippen LogP contribution in [0.5, 0.6) is 17.2 Å². The summed E-state index contributed by atoms with van der Waals surface area (Å²) < 4.78 is 43.3. The molecule has 0 atom stereocenters. The summed E-state index contributed by atoms with van der Waals surface area (Å²) in [7, 11) is 0. The number of carboxylic acid groups (broad SMARTS) is 1. The topological polar surface area (TPSA) is 68.2 Å². The van der Waals surface area contributed by atoms with Gasteiger partial charge in [0.25, 0.3) is 0 Å². The minimum atomic E-state index is -1.42. The lowest BCUT2D eigenvalue weighted by molar-refractivity contribution is 0.142. The van der Waals surface area contributed by atoms with Crippen LogP contribution in [0.1, 0.15) is 11.1 Å². The number of ether oxygens (including phenoxy) is 3. The van der Waals surface area contributed by atoms with Gasteiger partial charge in [-0.15, -0.1) is 0 Å². The Labute approximate surface area is 177 Å². The summed E-state index contributed by atoms with van der Waals surface area (Å²) in [4.78, 5) is 13.0. The van der Waals surface area contributed by atoms with Crippen LogP contribution in [0.4, 0.5) is 19.3 Å². The van der Waals surface area contributed by atoms with Gasteiger partial charge < -0.3 is 24.2 Å². The van der Waals surface area contributed by atoms with E-state index >= 15 is 0 Å². The predicted octanol–water partition coefficient (Wildman–Crippen LogP) is 5.00. The van der Waals surface area contributed by atoms with E-state index in [0.29, 0.717) is 36.9 Å². The summed E-state index contributed by atoms with van der Waals surface area (Å²) in [5.74, 6) is -0.240. The van der Waals surface area contributed by atoms with Crippen molar-refractivity contribution in [3.63, 3.8) is 0 Å². The fraction of sp³-hybridized carbons (Fsp3) is 0.174. The number of benzene rings is 3. The maximum absolute atomic E-state index is 13.9. The molecule has 0 aliphatic carbocycles. The van der Waals surface area contributed by atoms with Crippen LogP contribution in [0.25, 0.3) is 0 Å². The first kappa shape index (κ1) is 20.5. The molecular weight excluding hydrogens is 408 g/mol. The molecule has 1 N–H and O–H groups in total. The second-order valence-corrected chi connectivity index (χ2v) is 6.87. The smallest absolute Gasteiger partial charge is 0.488 e. The van der Waals surface area contributed by atoms with Crippen LogP contribution < -0.4 is 19.1 Å². The molecule has 0 saturated carbocycles. The highest BCUT2D eigenvalue weighted by Crippen LogP contribution is 2.41. The zero-order valence-electron chi connectivity index (χ0n) is 16.4. The normalized spacial score (nSPS) is 12.6. The van der Waals surface area contributed by atoms with Crippen molar-refractivity contribution in [2.24, 2.45) is 0 Å². The molecule has 0 radical (unpaired) electrons. The van der Waals surface area contributed by atoms with Gasteiger partial charge in [-0.2, -0.15) is 0 Å². The number of anilines is 1. The Morgan fingerprint density at radius 1 is 1.03 bits per heavy atom. The van der Waals surface area contributed by atoms with Crippen molar-refractivity contribution in [1.29, 1.82) is 0 Å². The zero-order chi connectivity index (χ0) is 21.8. The van der Waals surface area contributed by atoms with Gasteiger partial charge in [0.15, 0.2) is 11.5 Å². The van der Waals surface area contributed by atoms with E-state index in [2.05, 4.69) is 0 Å². The number of fused-ring (bicyclic) bond motifs is 1. The molecular formula is C23H19F2NO5. The number of hydrogen-bond acceptors (Lipinski definition) is 5. The molecule has 31 heavy (non-hydrogen) atoms. The lowest BCUT2D eigenvalue weighted by Crippen LogP contribution is -2.32. The Balaban J connectivity index is 1.54. The van der Waals surface area contributed by atoms with Gasteiger partial charge in [-0.3, -0.25) is 0 Å². The van der Waals surface area contributed by atoms with E-state index in [1.54, 1.807) is 12.1 Å². The molecule has 3 aromatic carbocycles. The summed E-state index contributed by atoms with van der Waals surface area (Å²) >= 11 is 0. The van der Waals surface area contributed by atoms with Crippen LogP contribution in [0, 0.1) is 11.6 Å². The quantitative estimate of drug-likeness (QED) is 0.441. The van der Waals surface area contributed by atoms with Crippen molar-refractivity contribution < 1.29 is 32.9 Å². The van der Waals surface area contributed by atoms with E-state index in [0.717, 1.165) is 11.6 Å². The molecule has 6 nitrogen and oxygen atoms in total. The zero-order valence-corrected chi connectivity index (χ0v) is 16.4. The number of para-hydroxylation sites is 2. The molecule has 1 heterocycles. The monoisotopic (exact) mass is 427 g/mol. The summed E-state index contributed by atoms with van der Waals surface area (Å²) in [6.07, 6.45) is -1.42. The van der Waals surface area contributed by atoms with Gasteiger partial charge in [0.05, 0.1) is 12.2 Å². The van der Waals surface area contributed by atoms with E-state index in [1.165, 1.54) is 18.2 Å². The standard InChI is InChI=1S/C23H19F2NO5/c24-17-9-8-16(18(25)12-17)14-30-20-6-2-1-4-15(20)13-26-10-11-29-22-19(26)5-3-7-21(22)31-23(27)28/h1-9,12H,10-11,13-14H2,(H,27,28). The number of carbonyl (C=O) groups is 1. The molecule has 0 fully saturated rings. The summed E-state index contributed by atoms with van der Waals surface area (Å²) in [6.45, 7) is 1.34. The van der Waals surface area contributed by atoms with E-state index in [-0.39, 0.29) is 17.9 Å². The third-order valence-corrected chi connectivity index (χ3v) is 4.84. The fourth-order valence-corrected chi connectivity index (χ4v) is 3.39. The molecule has 0 bridgehead atoms. The molecule has 3 aromatic rings. The SMILES string of the molecule is O=C(O)Oc1cccc2c1OCCN2Cc1ccccc1OCc1ccc(F)cc1F.